The van der Waals surface area contributed by atoms with E-state index in [4.69, 9.17) is 14.2 Å². The van der Waals surface area contributed by atoms with Crippen LogP contribution in [0.25, 0.3) is 0 Å². The Bertz CT molecular complexity index is 639. The van der Waals surface area contributed by atoms with Crippen LogP contribution in [0.1, 0.15) is 10.4 Å². The number of fused-ring (bicyclic) bond motifs is 1. The second-order valence-corrected chi connectivity index (χ2v) is 3.92. The van der Waals surface area contributed by atoms with E-state index in [1.165, 1.54) is 12.1 Å². The van der Waals surface area contributed by atoms with Gasteiger partial charge in [0.05, 0.1) is 0 Å². The molecule has 4 nitrogen and oxygen atoms in total. The summed E-state index contributed by atoms with van der Waals surface area (Å²) in [6.45, 7) is 0.168. The summed E-state index contributed by atoms with van der Waals surface area (Å²) in [5.41, 5.74) is 0.260. The Morgan fingerprint density at radius 3 is 2.74 bits per heavy atom. The van der Waals surface area contributed by atoms with Crippen molar-refractivity contribution in [2.75, 3.05) is 6.79 Å². The van der Waals surface area contributed by atoms with E-state index in [9.17, 15) is 9.18 Å². The topological polar surface area (TPSA) is 44.8 Å². The first kappa shape index (κ1) is 11.5. The van der Waals surface area contributed by atoms with Crippen molar-refractivity contribution >= 4 is 6.29 Å². The van der Waals surface area contributed by atoms with Gasteiger partial charge in [0.1, 0.15) is 12.0 Å². The molecule has 1 aliphatic heterocycles. The van der Waals surface area contributed by atoms with Crippen LogP contribution in [0.5, 0.6) is 23.0 Å². The molecule has 96 valence electrons. The van der Waals surface area contributed by atoms with E-state index >= 15 is 0 Å². The molecule has 0 radical (unpaired) electrons. The van der Waals surface area contributed by atoms with E-state index in [1.807, 2.05) is 0 Å². The number of hydrogen-bond acceptors (Lipinski definition) is 4. The van der Waals surface area contributed by atoms with Gasteiger partial charge in [-0.3, -0.25) is 4.79 Å². The molecule has 5 heteroatoms. The van der Waals surface area contributed by atoms with Crippen molar-refractivity contribution in [2.24, 2.45) is 0 Å². The van der Waals surface area contributed by atoms with Crippen molar-refractivity contribution in [3.05, 3.63) is 47.8 Å². The van der Waals surface area contributed by atoms with Gasteiger partial charge in [-0.25, -0.2) is 4.39 Å². The fourth-order valence-electron chi connectivity index (χ4n) is 1.74. The lowest BCUT2D eigenvalue weighted by molar-refractivity contribution is 0.112. The van der Waals surface area contributed by atoms with Crippen LogP contribution in [-0.2, 0) is 0 Å². The number of ether oxygens (including phenoxy) is 3. The summed E-state index contributed by atoms with van der Waals surface area (Å²) < 4.78 is 29.4. The molecule has 1 heterocycles. The minimum Gasteiger partial charge on any atom is -0.454 e. The van der Waals surface area contributed by atoms with Crippen LogP contribution < -0.4 is 14.2 Å². The molecule has 19 heavy (non-hydrogen) atoms. The normalized spacial score (nSPS) is 12.3. The number of hydrogen-bond donors (Lipinski definition) is 0. The van der Waals surface area contributed by atoms with Crippen LogP contribution in [-0.4, -0.2) is 13.1 Å². The largest absolute Gasteiger partial charge is 0.454 e. The molecule has 3 rings (SSSR count). The SMILES string of the molecule is O=Cc1ccc(Oc2ccc3c(c2)OCO3)c(F)c1. The average Bonchev–Trinajstić information content (AvgIpc) is 2.88. The summed E-state index contributed by atoms with van der Waals surface area (Å²) in [5.74, 6) is 1.07. The van der Waals surface area contributed by atoms with Gasteiger partial charge >= 0.3 is 0 Å². The number of halogens is 1. The van der Waals surface area contributed by atoms with Crippen LogP contribution in [0.4, 0.5) is 4.39 Å². The van der Waals surface area contributed by atoms with Crippen molar-refractivity contribution in [3.63, 3.8) is 0 Å². The smallest absolute Gasteiger partial charge is 0.231 e. The highest BCUT2D eigenvalue weighted by Gasteiger charge is 2.14. The minimum absolute atomic E-state index is 0.0458. The Balaban J connectivity index is 1.87. The summed E-state index contributed by atoms with van der Waals surface area (Å²) in [7, 11) is 0. The van der Waals surface area contributed by atoms with E-state index in [-0.39, 0.29) is 18.1 Å². The van der Waals surface area contributed by atoms with Crippen molar-refractivity contribution in [3.8, 4) is 23.0 Å². The fourth-order valence-corrected chi connectivity index (χ4v) is 1.74. The predicted molar refractivity (Wildman–Crippen MR) is 64.4 cm³/mol. The zero-order valence-electron chi connectivity index (χ0n) is 9.76. The van der Waals surface area contributed by atoms with Gasteiger partial charge in [0, 0.05) is 11.6 Å². The van der Waals surface area contributed by atoms with E-state index in [0.717, 1.165) is 6.07 Å². The quantitative estimate of drug-likeness (QED) is 0.795. The van der Waals surface area contributed by atoms with E-state index in [2.05, 4.69) is 0 Å². The fraction of sp³-hybridized carbons (Fsp3) is 0.0714. The number of carbonyl (C=O) groups excluding carboxylic acids is 1. The lowest BCUT2D eigenvalue weighted by Gasteiger charge is -2.07. The van der Waals surface area contributed by atoms with Crippen molar-refractivity contribution in [2.45, 2.75) is 0 Å². The second kappa shape index (κ2) is 4.61. The standard InChI is InChI=1S/C14H9FO4/c15-11-5-9(7-16)1-3-12(11)19-10-2-4-13-14(6-10)18-8-17-13/h1-7H,8H2. The third-order valence-electron chi connectivity index (χ3n) is 2.66. The predicted octanol–water partition coefficient (Wildman–Crippen LogP) is 3.16. The summed E-state index contributed by atoms with van der Waals surface area (Å²) in [5, 5.41) is 0. The van der Waals surface area contributed by atoms with Gasteiger partial charge in [0.15, 0.2) is 23.1 Å². The molecular formula is C14H9FO4. The van der Waals surface area contributed by atoms with Crippen LogP contribution in [0.2, 0.25) is 0 Å². The lowest BCUT2D eigenvalue weighted by atomic mass is 10.2. The Labute approximate surface area is 108 Å². The summed E-state index contributed by atoms with van der Waals surface area (Å²) in [6.07, 6.45) is 0.577. The molecule has 0 atom stereocenters. The number of rotatable bonds is 3. The number of benzene rings is 2. The first-order chi connectivity index (χ1) is 9.26. The first-order valence-corrected chi connectivity index (χ1v) is 5.58. The molecule has 0 saturated heterocycles. The van der Waals surface area contributed by atoms with Gasteiger partial charge in [-0.15, -0.1) is 0 Å². The molecule has 2 aromatic rings. The molecule has 0 amide bonds. The maximum Gasteiger partial charge on any atom is 0.231 e. The second-order valence-electron chi connectivity index (χ2n) is 3.92. The number of carbonyl (C=O) groups is 1. The zero-order chi connectivity index (χ0) is 13.2. The summed E-state index contributed by atoms with van der Waals surface area (Å²) in [4.78, 5) is 10.5. The number of aldehydes is 1. The molecule has 0 spiro atoms. The Kier molecular flexibility index (Phi) is 2.79. The molecule has 0 saturated carbocycles. The molecule has 1 aliphatic rings. The van der Waals surface area contributed by atoms with E-state index < -0.39 is 5.82 Å². The first-order valence-electron chi connectivity index (χ1n) is 5.58. The molecular weight excluding hydrogens is 251 g/mol. The third-order valence-corrected chi connectivity index (χ3v) is 2.66. The molecule has 2 aromatic carbocycles. The van der Waals surface area contributed by atoms with E-state index in [0.29, 0.717) is 23.5 Å². The average molecular weight is 260 g/mol. The summed E-state index contributed by atoms with van der Waals surface area (Å²) in [6, 6.07) is 8.97. The minimum atomic E-state index is -0.595. The highest BCUT2D eigenvalue weighted by atomic mass is 19.1. The third kappa shape index (κ3) is 2.22. The van der Waals surface area contributed by atoms with Gasteiger partial charge < -0.3 is 14.2 Å². The molecule has 0 aliphatic carbocycles. The van der Waals surface area contributed by atoms with Gasteiger partial charge in [0.25, 0.3) is 0 Å². The van der Waals surface area contributed by atoms with Crippen molar-refractivity contribution < 1.29 is 23.4 Å². The van der Waals surface area contributed by atoms with Gasteiger partial charge in [-0.1, -0.05) is 0 Å². The Morgan fingerprint density at radius 1 is 1.11 bits per heavy atom. The Morgan fingerprint density at radius 2 is 1.95 bits per heavy atom. The monoisotopic (exact) mass is 260 g/mol. The maximum atomic E-state index is 13.7. The highest BCUT2D eigenvalue weighted by Crippen LogP contribution is 2.36. The van der Waals surface area contributed by atoms with Crippen LogP contribution >= 0.6 is 0 Å². The highest BCUT2D eigenvalue weighted by molar-refractivity contribution is 5.75. The van der Waals surface area contributed by atoms with E-state index in [1.54, 1.807) is 18.2 Å². The van der Waals surface area contributed by atoms with Gasteiger partial charge in [-0.05, 0) is 30.3 Å². The molecule has 0 N–H and O–H groups in total. The molecule has 0 bridgehead atoms. The lowest BCUT2D eigenvalue weighted by Crippen LogP contribution is -1.93. The van der Waals surface area contributed by atoms with Crippen molar-refractivity contribution in [1.82, 2.24) is 0 Å². The van der Waals surface area contributed by atoms with Crippen LogP contribution in [0.3, 0.4) is 0 Å². The van der Waals surface area contributed by atoms with Crippen LogP contribution in [0, 0.1) is 5.82 Å². The van der Waals surface area contributed by atoms with Gasteiger partial charge in [0.2, 0.25) is 6.79 Å². The molecule has 0 aromatic heterocycles. The molecule has 0 unspecified atom stereocenters. The molecule has 0 fully saturated rings. The van der Waals surface area contributed by atoms with Crippen molar-refractivity contribution in [1.29, 1.82) is 0 Å². The zero-order valence-corrected chi connectivity index (χ0v) is 9.76. The van der Waals surface area contributed by atoms with Crippen LogP contribution in [0.15, 0.2) is 36.4 Å². The maximum absolute atomic E-state index is 13.7. The Hall–Kier alpha value is -2.56. The van der Waals surface area contributed by atoms with Gasteiger partial charge in [-0.2, -0.15) is 0 Å². The summed E-state index contributed by atoms with van der Waals surface area (Å²) >= 11 is 0.